The fraction of sp³-hybridized carbons (Fsp3) is 0.385. The van der Waals surface area contributed by atoms with E-state index >= 15 is 0 Å². The number of hydrogen-bond acceptors (Lipinski definition) is 5. The third-order valence-corrected chi connectivity index (χ3v) is 8.80. The summed E-state index contributed by atoms with van der Waals surface area (Å²) in [5, 5.41) is 23.5. The fourth-order valence-electron chi connectivity index (χ4n) is 4.51. The quantitative estimate of drug-likeness (QED) is 0.306. The van der Waals surface area contributed by atoms with Crippen LogP contribution in [0.25, 0.3) is 0 Å². The van der Waals surface area contributed by atoms with Gasteiger partial charge in [-0.25, -0.2) is 4.79 Å². The van der Waals surface area contributed by atoms with E-state index in [0.717, 1.165) is 11.1 Å². The van der Waals surface area contributed by atoms with Crippen molar-refractivity contribution in [1.29, 1.82) is 0 Å². The molecule has 11 heteroatoms. The molecule has 0 spiro atoms. The molecule has 3 rings (SSSR count). The minimum Gasteiger partial charge on any atom is -0.481 e. The van der Waals surface area contributed by atoms with Gasteiger partial charge >= 0.3 is 11.9 Å². The van der Waals surface area contributed by atoms with Gasteiger partial charge in [0.2, 0.25) is 11.8 Å². The van der Waals surface area contributed by atoms with Gasteiger partial charge in [0.05, 0.1) is 12.5 Å². The van der Waals surface area contributed by atoms with E-state index in [9.17, 15) is 28.8 Å². The van der Waals surface area contributed by atoms with Gasteiger partial charge in [0.1, 0.15) is 12.1 Å². The smallest absolute Gasteiger partial charge is 0.326 e. The van der Waals surface area contributed by atoms with Crippen LogP contribution in [-0.4, -0.2) is 63.5 Å². The second kappa shape index (κ2) is 12.7. The van der Waals surface area contributed by atoms with Gasteiger partial charge < -0.3 is 25.0 Å². The first-order chi connectivity index (χ1) is 17.6. The summed E-state index contributed by atoms with van der Waals surface area (Å²) in [6.07, 6.45) is 0.537. The van der Waals surface area contributed by atoms with Crippen molar-refractivity contribution in [3.05, 3.63) is 71.8 Å². The molecular weight excluding hydrogens is 497 g/mol. The number of nitrogens with zero attached hydrogens (tertiary/aromatic N) is 1. The van der Waals surface area contributed by atoms with Gasteiger partial charge in [0.25, 0.3) is 0 Å². The molecule has 4 N–H and O–H groups in total. The predicted molar refractivity (Wildman–Crippen MR) is 137 cm³/mol. The first-order valence-electron chi connectivity index (χ1n) is 12.1. The number of amides is 2. The van der Waals surface area contributed by atoms with Crippen LogP contribution in [0.15, 0.2) is 60.7 Å². The van der Waals surface area contributed by atoms with E-state index in [2.05, 4.69) is 10.4 Å². The number of carbonyl (C=O) groups excluding carboxylic acids is 2. The molecule has 1 saturated heterocycles. The lowest BCUT2D eigenvalue weighted by atomic mass is 10.1. The number of hydrogen-bond donors (Lipinski definition) is 4. The van der Waals surface area contributed by atoms with Gasteiger partial charge in [-0.3, -0.25) is 19.5 Å². The molecule has 0 radical (unpaired) electrons. The van der Waals surface area contributed by atoms with Crippen LogP contribution in [0.4, 0.5) is 0 Å². The maximum Gasteiger partial charge on any atom is 0.326 e. The summed E-state index contributed by atoms with van der Waals surface area (Å²) in [4.78, 5) is 49.9. The third-order valence-electron chi connectivity index (χ3n) is 6.19. The van der Waals surface area contributed by atoms with Crippen molar-refractivity contribution >= 4 is 31.0 Å². The predicted octanol–water partition coefficient (Wildman–Crippen LogP) is 2.68. The van der Waals surface area contributed by atoms with Crippen LogP contribution in [0.2, 0.25) is 0 Å². The number of carbonyl (C=O) groups is 4. The van der Waals surface area contributed by atoms with Gasteiger partial charge in [0, 0.05) is 18.9 Å². The summed E-state index contributed by atoms with van der Waals surface area (Å²) < 4.78 is 14.1. The lowest BCUT2D eigenvalue weighted by molar-refractivity contribution is -0.148. The summed E-state index contributed by atoms with van der Waals surface area (Å²) in [5.74, 6) is -3.98. The van der Waals surface area contributed by atoms with Gasteiger partial charge in [0.15, 0.2) is 7.29 Å². The van der Waals surface area contributed by atoms with Crippen molar-refractivity contribution in [3.8, 4) is 0 Å². The molecule has 0 saturated carbocycles. The highest BCUT2D eigenvalue weighted by atomic mass is 31.2. The summed E-state index contributed by atoms with van der Waals surface area (Å²) in [7, 11) is -3.15. The second-order valence-electron chi connectivity index (χ2n) is 9.21. The average Bonchev–Trinajstić information content (AvgIpc) is 3.34. The van der Waals surface area contributed by atoms with Crippen LogP contribution >= 0.6 is 7.29 Å². The molecule has 0 bridgehead atoms. The Balaban J connectivity index is 1.74. The molecule has 1 heterocycles. The topological polar surface area (TPSA) is 153 Å². The molecule has 2 aromatic carbocycles. The highest BCUT2D eigenvalue weighted by Gasteiger charge is 2.39. The Morgan fingerprint density at radius 1 is 0.973 bits per heavy atom. The Labute approximate surface area is 215 Å². The van der Waals surface area contributed by atoms with Crippen LogP contribution in [0.5, 0.6) is 0 Å². The second-order valence-corrected chi connectivity index (χ2v) is 11.9. The Hall–Kier alpha value is -3.49. The van der Waals surface area contributed by atoms with Crippen LogP contribution in [-0.2, 0) is 36.1 Å². The molecule has 198 valence electrons. The summed E-state index contributed by atoms with van der Waals surface area (Å²) >= 11 is 0. The molecule has 10 nitrogen and oxygen atoms in total. The number of likely N-dealkylation sites (tertiary alicyclic amines) is 1. The molecule has 2 amide bonds. The molecule has 0 unspecified atom stereocenters. The number of carboxylic acid groups (broad SMARTS) is 2. The Morgan fingerprint density at radius 2 is 1.51 bits per heavy atom. The first kappa shape index (κ1) is 28.1. The highest BCUT2D eigenvalue weighted by Crippen LogP contribution is 2.49. The number of nitrogens with one attached hydrogen (secondary N) is 2. The van der Waals surface area contributed by atoms with Crippen LogP contribution < -0.4 is 10.4 Å². The van der Waals surface area contributed by atoms with Gasteiger partial charge in [-0.2, -0.15) is 0 Å². The van der Waals surface area contributed by atoms with Crippen molar-refractivity contribution in [2.75, 3.05) is 6.54 Å². The van der Waals surface area contributed by atoms with E-state index in [4.69, 9.17) is 5.11 Å². The van der Waals surface area contributed by atoms with Crippen LogP contribution in [0.3, 0.4) is 0 Å². The monoisotopic (exact) mass is 529 g/mol. The van der Waals surface area contributed by atoms with E-state index in [1.165, 1.54) is 4.90 Å². The van der Waals surface area contributed by atoms with Crippen molar-refractivity contribution in [1.82, 2.24) is 15.3 Å². The van der Waals surface area contributed by atoms with Gasteiger partial charge in [-0.15, -0.1) is 0 Å². The standard InChI is InChI=1S/C26H32N3O7P/c1-18(25(33)29-14-8-13-22(29)24(32)27-21(26(34)35)15-23(30)31)28-37(36,16-19-9-4-2-5-10-19)17-20-11-6-3-7-12-20/h2-7,9-12,18,21-22H,8,13-17H2,1H3,(H,27,32)(H,28,36)(H,30,31)(H,34,35)/t18-,21-,22-/m0/s1. The van der Waals surface area contributed by atoms with E-state index in [1.54, 1.807) is 6.92 Å². The summed E-state index contributed by atoms with van der Waals surface area (Å²) in [6, 6.07) is 15.3. The average molecular weight is 530 g/mol. The Bertz CT molecular complexity index is 1110. The summed E-state index contributed by atoms with van der Waals surface area (Å²) in [6.45, 7) is 1.88. The third kappa shape index (κ3) is 8.00. The molecule has 0 aromatic heterocycles. The number of rotatable bonds is 12. The number of aliphatic carboxylic acids is 2. The maximum atomic E-state index is 14.1. The molecule has 1 aliphatic heterocycles. The SMILES string of the molecule is C[C@H](NP(=O)(Cc1ccccc1)Cc1ccccc1)C(=O)N1CCC[C@H]1C(=O)N[C@@H](CC(=O)O)C(=O)O. The van der Waals surface area contributed by atoms with E-state index in [0.29, 0.717) is 12.8 Å². The highest BCUT2D eigenvalue weighted by molar-refractivity contribution is 7.60. The Morgan fingerprint density at radius 3 is 2.00 bits per heavy atom. The first-order valence-corrected chi connectivity index (χ1v) is 14.1. The molecule has 0 aliphatic carbocycles. The van der Waals surface area contributed by atoms with Crippen molar-refractivity contribution < 1.29 is 34.0 Å². The summed E-state index contributed by atoms with van der Waals surface area (Å²) in [5.41, 5.74) is 1.73. The van der Waals surface area contributed by atoms with Crippen molar-refractivity contribution in [3.63, 3.8) is 0 Å². The zero-order chi connectivity index (χ0) is 27.0. The van der Waals surface area contributed by atoms with Gasteiger partial charge in [-0.05, 0) is 30.9 Å². The van der Waals surface area contributed by atoms with E-state index in [-0.39, 0.29) is 18.9 Å². The van der Waals surface area contributed by atoms with Crippen molar-refractivity contribution in [2.24, 2.45) is 0 Å². The van der Waals surface area contributed by atoms with Crippen LogP contribution in [0, 0.1) is 0 Å². The van der Waals surface area contributed by atoms with Crippen molar-refractivity contribution in [2.45, 2.75) is 56.6 Å². The minimum absolute atomic E-state index is 0.236. The fourth-order valence-corrected chi connectivity index (χ4v) is 7.22. The lowest BCUT2D eigenvalue weighted by Crippen LogP contribution is -2.54. The molecule has 2 aromatic rings. The van der Waals surface area contributed by atoms with Gasteiger partial charge in [-0.1, -0.05) is 60.7 Å². The number of benzene rings is 2. The Kier molecular flexibility index (Phi) is 9.60. The van der Waals surface area contributed by atoms with Crippen LogP contribution in [0.1, 0.15) is 37.3 Å². The lowest BCUT2D eigenvalue weighted by Gasteiger charge is -2.30. The molecule has 1 aliphatic rings. The normalized spacial score (nSPS) is 17.1. The van der Waals surface area contributed by atoms with E-state index in [1.807, 2.05) is 60.7 Å². The maximum absolute atomic E-state index is 14.1. The zero-order valence-corrected chi connectivity index (χ0v) is 21.5. The minimum atomic E-state index is -3.15. The molecule has 1 fully saturated rings. The molecule has 3 atom stereocenters. The molecule has 37 heavy (non-hydrogen) atoms. The number of carboxylic acids is 2. The molecular formula is C26H32N3O7P. The van der Waals surface area contributed by atoms with E-state index < -0.39 is 55.6 Å². The zero-order valence-electron chi connectivity index (χ0n) is 20.6. The largest absolute Gasteiger partial charge is 0.481 e.